The molecule has 0 aromatic carbocycles. The van der Waals surface area contributed by atoms with Gasteiger partial charge in [0, 0.05) is 23.7 Å². The van der Waals surface area contributed by atoms with Crippen LogP contribution in [0, 0.1) is 22.7 Å². The number of hydrogen-bond donors (Lipinski definition) is 0. The minimum absolute atomic E-state index is 0.00574. The summed E-state index contributed by atoms with van der Waals surface area (Å²) in [5, 5.41) is 0. The van der Waals surface area contributed by atoms with E-state index in [0.29, 0.717) is 30.5 Å². The lowest BCUT2D eigenvalue weighted by Gasteiger charge is -2.54. The van der Waals surface area contributed by atoms with Gasteiger partial charge in [0.25, 0.3) is 0 Å². The van der Waals surface area contributed by atoms with Crippen molar-refractivity contribution >= 4 is 23.5 Å². The van der Waals surface area contributed by atoms with Gasteiger partial charge in [-0.05, 0) is 81.3 Å². The van der Waals surface area contributed by atoms with Crippen molar-refractivity contribution in [1.29, 1.82) is 0 Å². The highest BCUT2D eigenvalue weighted by Crippen LogP contribution is 2.64. The minimum Gasteiger partial charge on any atom is -0.462 e. The molecule has 4 heteroatoms. The maximum Gasteiger partial charge on any atom is 0.306 e. The third kappa shape index (κ3) is 4.18. The van der Waals surface area contributed by atoms with Crippen LogP contribution in [0.25, 0.3) is 0 Å². The molecule has 0 spiro atoms. The second-order valence-corrected chi connectivity index (χ2v) is 11.6. The Hall–Kier alpha value is -1.03. The third-order valence-corrected chi connectivity index (χ3v) is 9.60. The number of esters is 1. The number of unbranched alkanes of at least 4 members (excludes halogenated alkanes) is 2. The summed E-state index contributed by atoms with van der Waals surface area (Å²) in [6, 6.07) is 0. The van der Waals surface area contributed by atoms with E-state index in [1.54, 1.807) is 5.57 Å². The van der Waals surface area contributed by atoms with Gasteiger partial charge in [0.15, 0.2) is 5.78 Å². The summed E-state index contributed by atoms with van der Waals surface area (Å²) in [5.41, 5.74) is 3.25. The van der Waals surface area contributed by atoms with Crippen LogP contribution in [0.3, 0.4) is 0 Å². The van der Waals surface area contributed by atoms with Crippen molar-refractivity contribution in [2.75, 3.05) is 12.0 Å². The van der Waals surface area contributed by atoms with Gasteiger partial charge in [-0.25, -0.2) is 0 Å². The van der Waals surface area contributed by atoms with E-state index in [9.17, 15) is 9.59 Å². The maximum absolute atomic E-state index is 12.5. The fraction of sp³-hybridized carbons (Fsp3) is 0.778. The number of allylic oxidation sites excluding steroid dienone is 4. The number of thioether (sulfide) groups is 1. The number of ether oxygens (including phenoxy) is 1. The molecule has 0 saturated heterocycles. The number of carbonyl (C=O) groups excluding carboxylic acids is 2. The summed E-state index contributed by atoms with van der Waals surface area (Å²) >= 11 is 1.92. The lowest BCUT2D eigenvalue weighted by Crippen LogP contribution is -2.47. The Morgan fingerprint density at radius 3 is 2.84 bits per heavy atom. The summed E-state index contributed by atoms with van der Waals surface area (Å²) in [6.45, 7) is 4.55. The summed E-state index contributed by atoms with van der Waals surface area (Å²) in [7, 11) is 0. The van der Waals surface area contributed by atoms with Gasteiger partial charge in [0.1, 0.15) is 6.10 Å². The van der Waals surface area contributed by atoms with Crippen LogP contribution in [0.5, 0.6) is 0 Å². The van der Waals surface area contributed by atoms with Gasteiger partial charge in [-0.1, -0.05) is 43.9 Å². The Morgan fingerprint density at radius 1 is 1.23 bits per heavy atom. The summed E-state index contributed by atoms with van der Waals surface area (Å²) in [4.78, 5) is 24.7. The molecule has 0 amide bonds. The molecule has 0 aromatic rings. The highest BCUT2D eigenvalue weighted by molar-refractivity contribution is 7.98. The molecule has 4 rings (SSSR count). The van der Waals surface area contributed by atoms with Crippen LogP contribution in [-0.4, -0.2) is 29.9 Å². The zero-order valence-corrected chi connectivity index (χ0v) is 20.5. The van der Waals surface area contributed by atoms with E-state index in [0.717, 1.165) is 63.5 Å². The van der Waals surface area contributed by atoms with Gasteiger partial charge in [-0.2, -0.15) is 11.8 Å². The number of fused-ring (bicyclic) bond motifs is 5. The average Bonchev–Trinajstić information content (AvgIpc) is 3.08. The van der Waals surface area contributed by atoms with Crippen LogP contribution < -0.4 is 0 Å². The van der Waals surface area contributed by atoms with Gasteiger partial charge in [-0.3, -0.25) is 9.59 Å². The summed E-state index contributed by atoms with van der Waals surface area (Å²) in [5.74, 6) is 2.67. The lowest BCUT2D eigenvalue weighted by atomic mass is 9.50. The van der Waals surface area contributed by atoms with Gasteiger partial charge in [-0.15, -0.1) is 0 Å². The smallest absolute Gasteiger partial charge is 0.306 e. The Labute approximate surface area is 192 Å². The molecule has 0 radical (unpaired) electrons. The Bertz CT molecular complexity index is 768. The van der Waals surface area contributed by atoms with Crippen molar-refractivity contribution in [3.63, 3.8) is 0 Å². The van der Waals surface area contributed by atoms with Crippen LogP contribution in [0.1, 0.15) is 90.9 Å². The third-order valence-electron chi connectivity index (χ3n) is 8.99. The maximum atomic E-state index is 12.5. The van der Waals surface area contributed by atoms with Crippen LogP contribution >= 0.6 is 11.8 Å². The van der Waals surface area contributed by atoms with Crippen molar-refractivity contribution in [1.82, 2.24) is 0 Å². The Morgan fingerprint density at radius 2 is 2.06 bits per heavy atom. The van der Waals surface area contributed by atoms with Crippen molar-refractivity contribution in [3.8, 4) is 0 Å². The molecule has 4 aliphatic carbocycles. The molecule has 4 aliphatic rings. The highest BCUT2D eigenvalue weighted by atomic mass is 32.2. The van der Waals surface area contributed by atoms with Crippen LogP contribution in [0.15, 0.2) is 23.3 Å². The first kappa shape index (κ1) is 23.1. The molecule has 0 unspecified atom stereocenters. The molecule has 0 bridgehead atoms. The first-order chi connectivity index (χ1) is 14.9. The molecule has 31 heavy (non-hydrogen) atoms. The minimum atomic E-state index is 0.00574. The molecule has 5 atom stereocenters. The van der Waals surface area contributed by atoms with Gasteiger partial charge < -0.3 is 4.74 Å². The van der Waals surface area contributed by atoms with Crippen molar-refractivity contribution in [3.05, 3.63) is 23.3 Å². The molecule has 0 N–H and O–H groups in total. The van der Waals surface area contributed by atoms with Crippen molar-refractivity contribution in [2.45, 2.75) is 97.0 Å². The summed E-state index contributed by atoms with van der Waals surface area (Å²) < 4.78 is 6.09. The van der Waals surface area contributed by atoms with E-state index in [-0.39, 0.29) is 22.9 Å². The first-order valence-corrected chi connectivity index (χ1v) is 14.0. The van der Waals surface area contributed by atoms with Crippen molar-refractivity contribution < 1.29 is 14.3 Å². The first-order valence-electron chi connectivity index (χ1n) is 12.6. The molecular weight excluding hydrogens is 404 g/mol. The molecule has 3 nitrogen and oxygen atoms in total. The Kier molecular flexibility index (Phi) is 7.05. The molecule has 0 heterocycles. The van der Waals surface area contributed by atoms with E-state index in [4.69, 9.17) is 4.74 Å². The second kappa shape index (κ2) is 9.45. The zero-order chi connectivity index (χ0) is 22.1. The van der Waals surface area contributed by atoms with E-state index < -0.39 is 0 Å². The summed E-state index contributed by atoms with van der Waals surface area (Å²) in [6.07, 6.45) is 18.8. The van der Waals surface area contributed by atoms with Crippen LogP contribution in [-0.2, 0) is 14.3 Å². The van der Waals surface area contributed by atoms with E-state index in [1.807, 2.05) is 17.8 Å². The molecule has 0 aromatic heterocycles. The molecule has 2 saturated carbocycles. The molecular formula is C27H40O3S. The number of hydrogen-bond acceptors (Lipinski definition) is 4. The number of carbonyl (C=O) groups is 2. The molecule has 172 valence electrons. The predicted octanol–water partition coefficient (Wildman–Crippen LogP) is 6.66. The predicted molar refractivity (Wildman–Crippen MR) is 128 cm³/mol. The van der Waals surface area contributed by atoms with E-state index in [2.05, 4.69) is 26.2 Å². The fourth-order valence-corrected chi connectivity index (χ4v) is 7.82. The standard InChI is InChI=1S/C27H40O3S/c1-4-5-6-7-25(29)30-24-11-10-22-21-9-8-19-18-20(28)12-15-27(19,16-17-31-3)23(21)13-14-26(22,24)2/h13,18,21-22,24H,4-12,14-17H2,1-3H3/t21-,22-,24-,26-,27+/m0/s1. The SMILES string of the molecule is CCCCCC(=O)O[C@H]1CC[C@H]2[C@@H]3CCC4=CC(=O)CC[C@]4(CCSC)C3=CC[C@]12C. The van der Waals surface area contributed by atoms with E-state index in [1.165, 1.54) is 12.0 Å². The zero-order valence-electron chi connectivity index (χ0n) is 19.7. The van der Waals surface area contributed by atoms with E-state index >= 15 is 0 Å². The lowest BCUT2D eigenvalue weighted by molar-refractivity contribution is -0.156. The van der Waals surface area contributed by atoms with Crippen molar-refractivity contribution in [2.24, 2.45) is 22.7 Å². The second-order valence-electron chi connectivity index (χ2n) is 10.6. The van der Waals surface area contributed by atoms with Crippen LogP contribution in [0.2, 0.25) is 0 Å². The quantitative estimate of drug-likeness (QED) is 0.238. The van der Waals surface area contributed by atoms with Gasteiger partial charge in [0.05, 0.1) is 0 Å². The fourth-order valence-electron chi connectivity index (χ4n) is 7.27. The highest BCUT2D eigenvalue weighted by Gasteiger charge is 2.57. The average molecular weight is 445 g/mol. The van der Waals surface area contributed by atoms with Gasteiger partial charge in [0.2, 0.25) is 0 Å². The number of rotatable bonds is 8. The topological polar surface area (TPSA) is 43.4 Å². The molecule has 2 fully saturated rings. The normalized spacial score (nSPS) is 36.7. The van der Waals surface area contributed by atoms with Crippen LogP contribution in [0.4, 0.5) is 0 Å². The van der Waals surface area contributed by atoms with Gasteiger partial charge >= 0.3 is 5.97 Å². The largest absolute Gasteiger partial charge is 0.462 e. The Balaban J connectivity index is 1.56. The monoisotopic (exact) mass is 444 g/mol. The molecule has 0 aliphatic heterocycles. The number of ketones is 1.